The number of benzene rings is 2. The summed E-state index contributed by atoms with van der Waals surface area (Å²) in [4.78, 5) is 18.3. The van der Waals surface area contributed by atoms with Gasteiger partial charge in [-0.2, -0.15) is 21.1 Å². The standard InChI is InChI=1S/C24H28FN3O4S3/c1-3-32-19-6-9-21-22(16-19)34-24(28(21)14-15-33-2)26-23(29)17-10-12-27(13-11-17)35(30,31)20-7-4-18(25)5-8-20/h4-9,16-17H,3,10-15H2,1-2H3. The molecule has 1 saturated heterocycles. The normalized spacial score (nSPS) is 16.1. The number of thiazole rings is 1. The Kier molecular flexibility index (Phi) is 8.31. The van der Waals surface area contributed by atoms with Crippen LogP contribution >= 0.6 is 23.1 Å². The zero-order valence-electron chi connectivity index (χ0n) is 19.6. The Morgan fingerprint density at radius 3 is 2.57 bits per heavy atom. The molecule has 1 amide bonds. The smallest absolute Gasteiger partial charge is 0.251 e. The molecule has 0 atom stereocenters. The van der Waals surface area contributed by atoms with E-state index in [0.717, 1.165) is 40.4 Å². The van der Waals surface area contributed by atoms with Crippen molar-refractivity contribution in [1.29, 1.82) is 0 Å². The van der Waals surface area contributed by atoms with Gasteiger partial charge in [-0.3, -0.25) is 4.79 Å². The van der Waals surface area contributed by atoms with E-state index in [1.807, 2.05) is 31.4 Å². The molecule has 0 unspecified atom stereocenters. The van der Waals surface area contributed by atoms with Gasteiger partial charge in [-0.05, 0) is 68.5 Å². The van der Waals surface area contributed by atoms with E-state index in [1.54, 1.807) is 11.8 Å². The molecule has 2 aromatic carbocycles. The summed E-state index contributed by atoms with van der Waals surface area (Å²) in [6, 6.07) is 10.7. The molecule has 7 nitrogen and oxygen atoms in total. The number of piperidine rings is 1. The van der Waals surface area contributed by atoms with Crippen LogP contribution in [0.15, 0.2) is 52.4 Å². The minimum absolute atomic E-state index is 0.0555. The number of hydrogen-bond donors (Lipinski definition) is 0. The molecule has 0 bridgehead atoms. The molecule has 1 fully saturated rings. The Morgan fingerprint density at radius 2 is 1.91 bits per heavy atom. The fraction of sp³-hybridized carbons (Fsp3) is 0.417. The molecule has 0 saturated carbocycles. The maximum absolute atomic E-state index is 13.2. The molecule has 0 aliphatic carbocycles. The van der Waals surface area contributed by atoms with Crippen molar-refractivity contribution in [2.75, 3.05) is 31.7 Å². The summed E-state index contributed by atoms with van der Waals surface area (Å²) in [7, 11) is -3.72. The lowest BCUT2D eigenvalue weighted by atomic mass is 9.98. The molecule has 1 aliphatic heterocycles. The first-order valence-corrected chi connectivity index (χ1v) is 15.1. The lowest BCUT2D eigenvalue weighted by Gasteiger charge is -2.29. The molecule has 0 N–H and O–H groups in total. The Morgan fingerprint density at radius 1 is 1.20 bits per heavy atom. The summed E-state index contributed by atoms with van der Waals surface area (Å²) in [6.07, 6.45) is 2.83. The lowest BCUT2D eigenvalue weighted by Crippen LogP contribution is -2.40. The third-order valence-corrected chi connectivity index (χ3v) is 9.49. The zero-order valence-corrected chi connectivity index (χ0v) is 22.1. The van der Waals surface area contributed by atoms with Crippen LogP contribution in [0.1, 0.15) is 19.8 Å². The van der Waals surface area contributed by atoms with E-state index >= 15 is 0 Å². The topological polar surface area (TPSA) is 81.0 Å². The van der Waals surface area contributed by atoms with Gasteiger partial charge in [-0.15, -0.1) is 0 Å². The Bertz CT molecular complexity index is 1360. The first kappa shape index (κ1) is 25.9. The highest BCUT2D eigenvalue weighted by Gasteiger charge is 2.32. The fourth-order valence-corrected chi connectivity index (χ4v) is 7.00. The van der Waals surface area contributed by atoms with Gasteiger partial charge in [0.15, 0.2) is 4.80 Å². The maximum atomic E-state index is 13.2. The second kappa shape index (κ2) is 11.2. The van der Waals surface area contributed by atoms with Crippen molar-refractivity contribution in [3.05, 3.63) is 53.1 Å². The molecule has 0 radical (unpaired) electrons. The summed E-state index contributed by atoms with van der Waals surface area (Å²) in [6.45, 7) is 3.70. The van der Waals surface area contributed by atoms with Crippen LogP contribution in [0.25, 0.3) is 10.2 Å². The minimum Gasteiger partial charge on any atom is -0.494 e. The monoisotopic (exact) mass is 537 g/mol. The first-order valence-electron chi connectivity index (χ1n) is 11.4. The van der Waals surface area contributed by atoms with Crippen molar-refractivity contribution in [3.8, 4) is 5.75 Å². The molecule has 2 heterocycles. The van der Waals surface area contributed by atoms with Crippen molar-refractivity contribution < 1.29 is 22.3 Å². The van der Waals surface area contributed by atoms with Crippen LogP contribution in [0.2, 0.25) is 0 Å². The number of carbonyl (C=O) groups is 1. The van der Waals surface area contributed by atoms with Crippen molar-refractivity contribution in [2.45, 2.75) is 31.2 Å². The van der Waals surface area contributed by atoms with Gasteiger partial charge >= 0.3 is 0 Å². The number of fused-ring (bicyclic) bond motifs is 1. The highest BCUT2D eigenvalue weighted by molar-refractivity contribution is 7.98. The van der Waals surface area contributed by atoms with Gasteiger partial charge in [0.2, 0.25) is 10.0 Å². The molecule has 35 heavy (non-hydrogen) atoms. The van der Waals surface area contributed by atoms with Gasteiger partial charge in [0.25, 0.3) is 5.91 Å². The Balaban J connectivity index is 1.53. The van der Waals surface area contributed by atoms with Gasteiger partial charge in [-0.1, -0.05) is 11.3 Å². The quantitative estimate of drug-likeness (QED) is 0.432. The summed E-state index contributed by atoms with van der Waals surface area (Å²) in [5, 5.41) is 0. The van der Waals surface area contributed by atoms with Crippen LogP contribution in [0.4, 0.5) is 4.39 Å². The highest BCUT2D eigenvalue weighted by Crippen LogP contribution is 2.26. The van der Waals surface area contributed by atoms with Gasteiger partial charge < -0.3 is 9.30 Å². The van der Waals surface area contributed by atoms with Crippen molar-refractivity contribution >= 4 is 49.2 Å². The predicted octanol–water partition coefficient (Wildman–Crippen LogP) is 4.13. The van der Waals surface area contributed by atoms with Gasteiger partial charge in [0.1, 0.15) is 11.6 Å². The number of sulfonamides is 1. The van der Waals surface area contributed by atoms with E-state index in [2.05, 4.69) is 9.56 Å². The average molecular weight is 538 g/mol. The molecule has 4 rings (SSSR count). The lowest BCUT2D eigenvalue weighted by molar-refractivity contribution is -0.122. The van der Waals surface area contributed by atoms with E-state index in [-0.39, 0.29) is 29.8 Å². The third kappa shape index (κ3) is 5.79. The van der Waals surface area contributed by atoms with Crippen LogP contribution in [-0.4, -0.2) is 54.9 Å². The van der Waals surface area contributed by atoms with Crippen LogP contribution in [-0.2, 0) is 21.4 Å². The van der Waals surface area contributed by atoms with E-state index < -0.39 is 15.8 Å². The summed E-state index contributed by atoms with van der Waals surface area (Å²) in [5.74, 6) is 0.622. The number of aryl methyl sites for hydroxylation is 1. The predicted molar refractivity (Wildman–Crippen MR) is 138 cm³/mol. The van der Waals surface area contributed by atoms with E-state index in [9.17, 15) is 17.6 Å². The number of aromatic nitrogens is 1. The van der Waals surface area contributed by atoms with Crippen molar-refractivity contribution in [2.24, 2.45) is 10.9 Å². The summed E-state index contributed by atoms with van der Waals surface area (Å²) >= 11 is 3.19. The van der Waals surface area contributed by atoms with Crippen LogP contribution in [0.5, 0.6) is 5.75 Å². The number of thioether (sulfide) groups is 1. The molecule has 1 aliphatic rings. The molecular formula is C24H28FN3O4S3. The summed E-state index contributed by atoms with van der Waals surface area (Å²) < 4.78 is 49.0. The molecular weight excluding hydrogens is 509 g/mol. The molecule has 3 aromatic rings. The van der Waals surface area contributed by atoms with Crippen molar-refractivity contribution in [1.82, 2.24) is 8.87 Å². The number of hydrogen-bond acceptors (Lipinski definition) is 6. The highest BCUT2D eigenvalue weighted by atomic mass is 32.2. The molecule has 11 heteroatoms. The fourth-order valence-electron chi connectivity index (χ4n) is 4.08. The molecule has 188 valence electrons. The number of carbonyl (C=O) groups excluding carboxylic acids is 1. The number of amides is 1. The van der Waals surface area contributed by atoms with Crippen LogP contribution in [0.3, 0.4) is 0 Å². The van der Waals surface area contributed by atoms with Gasteiger partial charge in [-0.25, -0.2) is 12.8 Å². The Labute approximate surface area is 212 Å². The largest absolute Gasteiger partial charge is 0.494 e. The zero-order chi connectivity index (χ0) is 25.0. The Hall–Kier alpha value is -2.21. The minimum atomic E-state index is -3.72. The number of ether oxygens (including phenoxy) is 1. The van der Waals surface area contributed by atoms with Crippen molar-refractivity contribution in [3.63, 3.8) is 0 Å². The number of rotatable bonds is 8. The van der Waals surface area contributed by atoms with Gasteiger partial charge in [0, 0.05) is 31.3 Å². The van der Waals surface area contributed by atoms with Crippen LogP contribution < -0.4 is 9.54 Å². The molecule has 1 aromatic heterocycles. The second-order valence-electron chi connectivity index (χ2n) is 8.17. The second-order valence-corrected chi connectivity index (χ2v) is 12.1. The summed E-state index contributed by atoms with van der Waals surface area (Å²) in [5.41, 5.74) is 1.01. The SMILES string of the molecule is CCOc1ccc2c(c1)sc(=NC(=O)C1CCN(S(=O)(=O)c3ccc(F)cc3)CC1)n2CCSC. The van der Waals surface area contributed by atoms with Gasteiger partial charge in [0.05, 0.1) is 21.7 Å². The van der Waals surface area contributed by atoms with Crippen LogP contribution in [0, 0.1) is 11.7 Å². The number of nitrogens with zero attached hydrogens (tertiary/aromatic N) is 3. The maximum Gasteiger partial charge on any atom is 0.251 e. The van der Waals surface area contributed by atoms with E-state index in [0.29, 0.717) is 24.2 Å². The first-order chi connectivity index (χ1) is 16.8. The van der Waals surface area contributed by atoms with E-state index in [1.165, 1.54) is 27.8 Å². The third-order valence-electron chi connectivity index (χ3n) is 5.94. The van der Waals surface area contributed by atoms with E-state index in [4.69, 9.17) is 4.74 Å². The molecule has 0 spiro atoms. The number of halogens is 1. The average Bonchev–Trinajstić information content (AvgIpc) is 3.19.